The van der Waals surface area contributed by atoms with Gasteiger partial charge in [-0.3, -0.25) is 4.79 Å². The molecule has 1 atom stereocenters. The van der Waals surface area contributed by atoms with E-state index in [1.165, 1.54) is 0 Å². The van der Waals surface area contributed by atoms with E-state index in [2.05, 4.69) is 11.9 Å². The second-order valence-electron chi connectivity index (χ2n) is 4.01. The third kappa shape index (κ3) is 2.19. The van der Waals surface area contributed by atoms with Gasteiger partial charge < -0.3 is 16.4 Å². The number of amides is 1. The molecule has 4 N–H and O–H groups in total. The summed E-state index contributed by atoms with van der Waals surface area (Å²) in [6.45, 7) is 2.34. The number of nitrogens with two attached hydrogens (primary N) is 2. The van der Waals surface area contributed by atoms with E-state index >= 15 is 0 Å². The van der Waals surface area contributed by atoms with Gasteiger partial charge in [0.2, 0.25) is 5.91 Å². The van der Waals surface area contributed by atoms with Gasteiger partial charge in [-0.1, -0.05) is 0 Å². The van der Waals surface area contributed by atoms with Gasteiger partial charge in [0.05, 0.1) is 5.41 Å². The van der Waals surface area contributed by atoms with Gasteiger partial charge in [0.25, 0.3) is 0 Å². The Hall–Kier alpha value is -0.610. The molecule has 4 nitrogen and oxygen atoms in total. The first-order valence-electron chi connectivity index (χ1n) is 4.79. The largest absolute Gasteiger partial charge is 0.369 e. The Bertz CT molecular complexity index is 195. The molecule has 13 heavy (non-hydrogen) atoms. The van der Waals surface area contributed by atoms with Crippen molar-refractivity contribution in [3.8, 4) is 0 Å². The fourth-order valence-corrected chi connectivity index (χ4v) is 1.88. The minimum atomic E-state index is -0.440. The van der Waals surface area contributed by atoms with Crippen LogP contribution in [0.15, 0.2) is 0 Å². The molecule has 1 heterocycles. The van der Waals surface area contributed by atoms with E-state index in [9.17, 15) is 4.79 Å². The van der Waals surface area contributed by atoms with Crippen LogP contribution < -0.4 is 11.5 Å². The summed E-state index contributed by atoms with van der Waals surface area (Å²) in [6.07, 6.45) is 2.65. The fraction of sp³-hybridized carbons (Fsp3) is 0.889. The standard InChI is InChI=1S/C9H19N3O/c1-12-5-2-3-9(7-10,4-6-12)8(11)13/h2-7,10H2,1H3,(H2,11,13). The number of carbonyl (C=O) groups excluding carboxylic acids is 1. The number of rotatable bonds is 2. The van der Waals surface area contributed by atoms with E-state index in [1.807, 2.05) is 0 Å². The first-order chi connectivity index (χ1) is 6.10. The molecule has 4 heteroatoms. The van der Waals surface area contributed by atoms with Crippen LogP contribution in [0.5, 0.6) is 0 Å². The molecule has 0 saturated carbocycles. The molecule has 1 unspecified atom stereocenters. The average molecular weight is 185 g/mol. The summed E-state index contributed by atoms with van der Waals surface area (Å²) in [5.41, 5.74) is 10.6. The highest BCUT2D eigenvalue weighted by atomic mass is 16.1. The summed E-state index contributed by atoms with van der Waals surface area (Å²) >= 11 is 0. The van der Waals surface area contributed by atoms with Gasteiger partial charge in [0.15, 0.2) is 0 Å². The number of carbonyl (C=O) groups is 1. The van der Waals surface area contributed by atoms with Crippen molar-refractivity contribution in [3.05, 3.63) is 0 Å². The SMILES string of the molecule is CN1CCCC(CN)(C(N)=O)CC1. The Kier molecular flexibility index (Phi) is 3.27. The molecular formula is C9H19N3O. The third-order valence-electron chi connectivity index (χ3n) is 3.08. The van der Waals surface area contributed by atoms with Gasteiger partial charge in [-0.25, -0.2) is 0 Å². The van der Waals surface area contributed by atoms with E-state index in [1.54, 1.807) is 0 Å². The molecule has 1 fully saturated rings. The Morgan fingerprint density at radius 1 is 1.46 bits per heavy atom. The van der Waals surface area contributed by atoms with Gasteiger partial charge in [-0.15, -0.1) is 0 Å². The van der Waals surface area contributed by atoms with Crippen molar-refractivity contribution in [1.29, 1.82) is 0 Å². The van der Waals surface area contributed by atoms with E-state index in [0.717, 1.165) is 32.4 Å². The zero-order valence-electron chi connectivity index (χ0n) is 8.25. The zero-order chi connectivity index (χ0) is 9.90. The Balaban J connectivity index is 2.69. The van der Waals surface area contributed by atoms with Crippen LogP contribution in [0.3, 0.4) is 0 Å². The number of hydrogen-bond acceptors (Lipinski definition) is 3. The summed E-state index contributed by atoms with van der Waals surface area (Å²) in [5, 5.41) is 0. The Morgan fingerprint density at radius 3 is 2.69 bits per heavy atom. The van der Waals surface area contributed by atoms with Crippen LogP contribution in [0.4, 0.5) is 0 Å². The van der Waals surface area contributed by atoms with Crippen molar-refractivity contribution in [2.75, 3.05) is 26.7 Å². The predicted molar refractivity (Wildman–Crippen MR) is 52.0 cm³/mol. The fourth-order valence-electron chi connectivity index (χ4n) is 1.88. The molecule has 1 saturated heterocycles. The lowest BCUT2D eigenvalue weighted by Crippen LogP contribution is -2.43. The highest BCUT2D eigenvalue weighted by Crippen LogP contribution is 2.29. The third-order valence-corrected chi connectivity index (χ3v) is 3.08. The molecule has 1 aliphatic rings. The highest BCUT2D eigenvalue weighted by Gasteiger charge is 2.36. The van der Waals surface area contributed by atoms with Gasteiger partial charge in [0, 0.05) is 6.54 Å². The molecule has 0 radical (unpaired) electrons. The van der Waals surface area contributed by atoms with Gasteiger partial charge in [-0.2, -0.15) is 0 Å². The first-order valence-corrected chi connectivity index (χ1v) is 4.79. The molecule has 0 aromatic heterocycles. The van der Waals surface area contributed by atoms with Crippen LogP contribution in [0, 0.1) is 5.41 Å². The maximum Gasteiger partial charge on any atom is 0.224 e. The lowest BCUT2D eigenvalue weighted by atomic mass is 9.80. The summed E-state index contributed by atoms with van der Waals surface area (Å²) in [7, 11) is 2.06. The van der Waals surface area contributed by atoms with Crippen molar-refractivity contribution in [3.63, 3.8) is 0 Å². The van der Waals surface area contributed by atoms with E-state index in [-0.39, 0.29) is 5.91 Å². The summed E-state index contributed by atoms with van der Waals surface area (Å²) in [4.78, 5) is 13.5. The molecule has 1 amide bonds. The summed E-state index contributed by atoms with van der Waals surface area (Å²) < 4.78 is 0. The normalized spacial score (nSPS) is 31.2. The maximum atomic E-state index is 11.3. The van der Waals surface area contributed by atoms with Crippen molar-refractivity contribution >= 4 is 5.91 Å². The smallest absolute Gasteiger partial charge is 0.224 e. The number of nitrogens with zero attached hydrogens (tertiary/aromatic N) is 1. The van der Waals surface area contributed by atoms with Crippen LogP contribution in [0.25, 0.3) is 0 Å². The van der Waals surface area contributed by atoms with E-state index in [4.69, 9.17) is 11.5 Å². The van der Waals surface area contributed by atoms with Crippen LogP contribution in [-0.2, 0) is 4.79 Å². The number of hydrogen-bond donors (Lipinski definition) is 2. The second-order valence-corrected chi connectivity index (χ2v) is 4.01. The molecule has 0 spiro atoms. The molecular weight excluding hydrogens is 166 g/mol. The minimum Gasteiger partial charge on any atom is -0.369 e. The maximum absolute atomic E-state index is 11.3. The number of likely N-dealkylation sites (tertiary alicyclic amines) is 1. The molecule has 1 aliphatic heterocycles. The van der Waals surface area contributed by atoms with Gasteiger partial charge >= 0.3 is 0 Å². The monoisotopic (exact) mass is 185 g/mol. The number of primary amides is 1. The zero-order valence-corrected chi connectivity index (χ0v) is 8.25. The molecule has 0 bridgehead atoms. The quantitative estimate of drug-likeness (QED) is 0.611. The predicted octanol–water partition coefficient (Wildman–Crippen LogP) is -0.467. The average Bonchev–Trinajstić information content (AvgIpc) is 2.28. The van der Waals surface area contributed by atoms with Gasteiger partial charge in [-0.05, 0) is 39.4 Å². The van der Waals surface area contributed by atoms with Crippen LogP contribution >= 0.6 is 0 Å². The van der Waals surface area contributed by atoms with Crippen molar-refractivity contribution in [2.24, 2.45) is 16.9 Å². The first kappa shape index (κ1) is 10.5. The van der Waals surface area contributed by atoms with E-state index < -0.39 is 5.41 Å². The second kappa shape index (κ2) is 4.07. The molecule has 76 valence electrons. The topological polar surface area (TPSA) is 72.3 Å². The van der Waals surface area contributed by atoms with Crippen molar-refractivity contribution in [2.45, 2.75) is 19.3 Å². The minimum absolute atomic E-state index is 0.231. The molecule has 1 rings (SSSR count). The molecule has 0 aromatic carbocycles. The molecule has 0 aliphatic carbocycles. The van der Waals surface area contributed by atoms with Crippen LogP contribution in [0.1, 0.15) is 19.3 Å². The summed E-state index contributed by atoms with van der Waals surface area (Å²) in [6, 6.07) is 0. The lowest BCUT2D eigenvalue weighted by molar-refractivity contribution is -0.127. The van der Waals surface area contributed by atoms with Crippen LogP contribution in [0.2, 0.25) is 0 Å². The van der Waals surface area contributed by atoms with Crippen LogP contribution in [-0.4, -0.2) is 37.5 Å². The summed E-state index contributed by atoms with van der Waals surface area (Å²) in [5.74, 6) is -0.231. The van der Waals surface area contributed by atoms with Crippen molar-refractivity contribution in [1.82, 2.24) is 4.90 Å². The lowest BCUT2D eigenvalue weighted by Gasteiger charge is -2.27. The van der Waals surface area contributed by atoms with Gasteiger partial charge in [0.1, 0.15) is 0 Å². The molecule has 0 aromatic rings. The highest BCUT2D eigenvalue weighted by molar-refractivity contribution is 5.81. The Morgan fingerprint density at radius 2 is 2.15 bits per heavy atom. The van der Waals surface area contributed by atoms with Crippen molar-refractivity contribution < 1.29 is 4.79 Å². The Labute approximate surface area is 79.3 Å². The van der Waals surface area contributed by atoms with E-state index in [0.29, 0.717) is 6.54 Å².